The largest absolute Gasteiger partial charge is 0.385 e. The van der Waals surface area contributed by atoms with Gasteiger partial charge >= 0.3 is 0 Å². The molecule has 0 aromatic carbocycles. The maximum Gasteiger partial charge on any atom is 0.195 e. The van der Waals surface area contributed by atoms with E-state index in [0.717, 1.165) is 19.3 Å². The fraction of sp³-hybridized carbons (Fsp3) is 0.786. The van der Waals surface area contributed by atoms with Gasteiger partial charge in [0.15, 0.2) is 17.2 Å². The van der Waals surface area contributed by atoms with Crippen molar-refractivity contribution in [3.05, 3.63) is 11.1 Å². The Bertz CT molecular complexity index is 453. The minimum absolute atomic E-state index is 0.116. The van der Waals surface area contributed by atoms with Crippen LogP contribution in [0.15, 0.2) is 11.1 Å². The van der Waals surface area contributed by atoms with Gasteiger partial charge in [0.2, 0.25) is 0 Å². The van der Waals surface area contributed by atoms with Crippen molar-refractivity contribution in [2.75, 3.05) is 6.61 Å². The topological polar surface area (TPSA) is 76.0 Å². The normalized spacial score (nSPS) is 46.8. The highest BCUT2D eigenvalue weighted by atomic mass is 16.7. The summed E-state index contributed by atoms with van der Waals surface area (Å²) in [6, 6.07) is 0. The lowest BCUT2D eigenvalue weighted by atomic mass is 9.90. The molecule has 1 saturated heterocycles. The van der Waals surface area contributed by atoms with Crippen LogP contribution in [0.3, 0.4) is 0 Å². The maximum atomic E-state index is 12.0. The molecule has 3 aliphatic rings. The van der Waals surface area contributed by atoms with Crippen molar-refractivity contribution in [1.29, 1.82) is 0 Å². The van der Waals surface area contributed by atoms with E-state index >= 15 is 0 Å². The number of Topliss-reactive ketones (excluding diaryl/α,β-unsaturated/α-hetero) is 1. The minimum atomic E-state index is -1.72. The van der Waals surface area contributed by atoms with Crippen LogP contribution in [0.2, 0.25) is 0 Å². The molecular formula is C14H20O5. The molecule has 0 aromatic heterocycles. The molecule has 2 N–H and O–H groups in total. The fourth-order valence-electron chi connectivity index (χ4n) is 3.37. The van der Waals surface area contributed by atoms with E-state index in [1.807, 2.05) is 6.92 Å². The van der Waals surface area contributed by atoms with Gasteiger partial charge in [-0.3, -0.25) is 4.79 Å². The zero-order valence-corrected chi connectivity index (χ0v) is 11.3. The van der Waals surface area contributed by atoms with Gasteiger partial charge < -0.3 is 19.7 Å². The SMILES string of the molecule is C[C@H]1CCCC2(CC3=C(CO2)C(=O)[C@](C)(O)[C@@H]3O)O1. The lowest BCUT2D eigenvalue weighted by Crippen LogP contribution is -2.46. The Morgan fingerprint density at radius 1 is 1.42 bits per heavy atom. The first-order valence-corrected chi connectivity index (χ1v) is 6.85. The number of carbonyl (C=O) groups excluding carboxylic acids is 1. The molecule has 5 heteroatoms. The summed E-state index contributed by atoms with van der Waals surface area (Å²) in [6.07, 6.45) is 2.11. The van der Waals surface area contributed by atoms with Crippen molar-refractivity contribution in [2.24, 2.45) is 0 Å². The monoisotopic (exact) mass is 268 g/mol. The Morgan fingerprint density at radius 3 is 2.84 bits per heavy atom. The average Bonchev–Trinajstić information content (AvgIpc) is 2.51. The highest BCUT2D eigenvalue weighted by Gasteiger charge is 2.54. The molecule has 5 nitrogen and oxygen atoms in total. The molecule has 0 bridgehead atoms. The van der Waals surface area contributed by atoms with E-state index in [1.54, 1.807) is 0 Å². The summed E-state index contributed by atoms with van der Waals surface area (Å²) in [5, 5.41) is 20.2. The zero-order chi connectivity index (χ0) is 13.8. The molecule has 19 heavy (non-hydrogen) atoms. The van der Waals surface area contributed by atoms with Gasteiger partial charge in [0.1, 0.15) is 6.10 Å². The molecular weight excluding hydrogens is 248 g/mol. The first-order chi connectivity index (χ1) is 8.86. The van der Waals surface area contributed by atoms with E-state index in [2.05, 4.69) is 0 Å². The van der Waals surface area contributed by atoms with Crippen LogP contribution in [-0.4, -0.2) is 46.2 Å². The Balaban J connectivity index is 1.89. The van der Waals surface area contributed by atoms with E-state index in [-0.39, 0.29) is 12.7 Å². The van der Waals surface area contributed by atoms with Gasteiger partial charge in [-0.1, -0.05) is 0 Å². The molecule has 2 aliphatic heterocycles. The molecule has 4 atom stereocenters. The second kappa shape index (κ2) is 4.12. The van der Waals surface area contributed by atoms with Crippen LogP contribution in [0.25, 0.3) is 0 Å². The quantitative estimate of drug-likeness (QED) is 0.676. The van der Waals surface area contributed by atoms with Crippen molar-refractivity contribution in [3.8, 4) is 0 Å². The van der Waals surface area contributed by atoms with Crippen molar-refractivity contribution in [2.45, 2.75) is 63.1 Å². The van der Waals surface area contributed by atoms with Gasteiger partial charge in [-0.2, -0.15) is 0 Å². The van der Waals surface area contributed by atoms with Crippen LogP contribution in [-0.2, 0) is 14.3 Å². The molecule has 106 valence electrons. The van der Waals surface area contributed by atoms with Gasteiger partial charge in [0.25, 0.3) is 0 Å². The van der Waals surface area contributed by atoms with E-state index in [4.69, 9.17) is 9.47 Å². The van der Waals surface area contributed by atoms with Crippen molar-refractivity contribution in [3.63, 3.8) is 0 Å². The van der Waals surface area contributed by atoms with Crippen LogP contribution in [0.5, 0.6) is 0 Å². The lowest BCUT2D eigenvalue weighted by molar-refractivity contribution is -0.277. The number of rotatable bonds is 0. The number of aliphatic hydroxyl groups is 2. The summed E-state index contributed by atoms with van der Waals surface area (Å²) in [5.74, 6) is -1.15. The lowest BCUT2D eigenvalue weighted by Gasteiger charge is -2.43. The molecule has 0 aromatic rings. The molecule has 1 spiro atoms. The molecule has 0 amide bonds. The van der Waals surface area contributed by atoms with E-state index in [9.17, 15) is 15.0 Å². The number of ketones is 1. The van der Waals surface area contributed by atoms with E-state index in [0.29, 0.717) is 17.6 Å². The van der Waals surface area contributed by atoms with Gasteiger partial charge in [-0.05, 0) is 32.3 Å². The number of aliphatic hydroxyl groups excluding tert-OH is 1. The molecule has 1 aliphatic carbocycles. The number of hydrogen-bond donors (Lipinski definition) is 2. The average molecular weight is 268 g/mol. The highest BCUT2D eigenvalue weighted by Crippen LogP contribution is 2.45. The number of ether oxygens (including phenoxy) is 2. The third-order valence-corrected chi connectivity index (χ3v) is 4.51. The molecule has 0 radical (unpaired) electrons. The first-order valence-electron chi connectivity index (χ1n) is 6.85. The summed E-state index contributed by atoms with van der Waals surface area (Å²) in [6.45, 7) is 3.48. The minimum Gasteiger partial charge on any atom is -0.385 e. The predicted molar refractivity (Wildman–Crippen MR) is 66.4 cm³/mol. The molecule has 3 rings (SSSR count). The molecule has 1 unspecified atom stereocenters. The van der Waals surface area contributed by atoms with Crippen LogP contribution < -0.4 is 0 Å². The Kier molecular flexibility index (Phi) is 2.87. The molecule has 0 saturated carbocycles. The van der Waals surface area contributed by atoms with Crippen LogP contribution >= 0.6 is 0 Å². The van der Waals surface area contributed by atoms with Gasteiger partial charge in [0.05, 0.1) is 12.7 Å². The van der Waals surface area contributed by atoms with Crippen molar-refractivity contribution in [1.82, 2.24) is 0 Å². The van der Waals surface area contributed by atoms with Gasteiger partial charge in [0, 0.05) is 18.4 Å². The van der Waals surface area contributed by atoms with Crippen LogP contribution in [0, 0.1) is 0 Å². The van der Waals surface area contributed by atoms with Crippen molar-refractivity contribution < 1.29 is 24.5 Å². The van der Waals surface area contributed by atoms with Gasteiger partial charge in [-0.15, -0.1) is 0 Å². The Hall–Kier alpha value is -0.750. The van der Waals surface area contributed by atoms with Crippen molar-refractivity contribution >= 4 is 5.78 Å². The predicted octanol–water partition coefficient (Wildman–Crippen LogP) is 0.683. The summed E-state index contributed by atoms with van der Waals surface area (Å²) in [5.41, 5.74) is -0.708. The fourth-order valence-corrected chi connectivity index (χ4v) is 3.37. The molecule has 1 fully saturated rings. The van der Waals surface area contributed by atoms with Crippen LogP contribution in [0.4, 0.5) is 0 Å². The standard InChI is InChI=1S/C14H20O5/c1-8-4-3-5-14(19-8)6-9-10(7-18-14)12(16)13(2,17)11(9)15/h8,11,15,17H,3-7H2,1-2H3/t8-,11+,13+,14?/m0/s1. The Morgan fingerprint density at radius 2 is 2.16 bits per heavy atom. The van der Waals surface area contributed by atoms with E-state index < -0.39 is 23.3 Å². The first kappa shape index (κ1) is 13.2. The zero-order valence-electron chi connectivity index (χ0n) is 11.3. The van der Waals surface area contributed by atoms with Crippen LogP contribution in [0.1, 0.15) is 39.5 Å². The maximum absolute atomic E-state index is 12.0. The summed E-state index contributed by atoms with van der Waals surface area (Å²) < 4.78 is 11.7. The molecule has 2 heterocycles. The highest BCUT2D eigenvalue weighted by molar-refractivity contribution is 6.06. The number of carbonyl (C=O) groups is 1. The second-order valence-electron chi connectivity index (χ2n) is 6.08. The van der Waals surface area contributed by atoms with Gasteiger partial charge in [-0.25, -0.2) is 0 Å². The summed E-state index contributed by atoms with van der Waals surface area (Å²) >= 11 is 0. The number of hydrogen-bond acceptors (Lipinski definition) is 5. The Labute approximate surface area is 112 Å². The second-order valence-corrected chi connectivity index (χ2v) is 6.08. The third kappa shape index (κ3) is 1.88. The summed E-state index contributed by atoms with van der Waals surface area (Å²) in [4.78, 5) is 12.0. The summed E-state index contributed by atoms with van der Waals surface area (Å²) in [7, 11) is 0. The third-order valence-electron chi connectivity index (χ3n) is 4.51. The van der Waals surface area contributed by atoms with E-state index in [1.165, 1.54) is 6.92 Å². The smallest absolute Gasteiger partial charge is 0.195 e.